The Morgan fingerprint density at radius 1 is 1.47 bits per heavy atom. The number of hydrogen-bond donors (Lipinski definition) is 1. The molecule has 0 bridgehead atoms. The van der Waals surface area contributed by atoms with Crippen molar-refractivity contribution in [3.8, 4) is 0 Å². The third-order valence-corrected chi connectivity index (χ3v) is 2.89. The van der Waals surface area contributed by atoms with Crippen LogP contribution in [0.4, 0.5) is 0 Å². The second kappa shape index (κ2) is 5.25. The summed E-state index contributed by atoms with van der Waals surface area (Å²) < 4.78 is 5.23. The number of morpholine rings is 1. The molecular formula is C12H16N2O3. The first kappa shape index (κ1) is 12.0. The highest BCUT2D eigenvalue weighted by molar-refractivity contribution is 5.75. The summed E-state index contributed by atoms with van der Waals surface area (Å²) in [5.41, 5.74) is 1.62. The molecule has 0 saturated carbocycles. The molecule has 0 spiro atoms. The molecule has 5 nitrogen and oxygen atoms in total. The quantitative estimate of drug-likeness (QED) is 0.843. The predicted molar refractivity (Wildman–Crippen MR) is 61.7 cm³/mol. The fourth-order valence-electron chi connectivity index (χ4n) is 1.99. The number of nitrogens with zero attached hydrogens (tertiary/aromatic N) is 2. The topological polar surface area (TPSA) is 62.7 Å². The number of hydrogen-bond acceptors (Lipinski definition) is 4. The van der Waals surface area contributed by atoms with Crippen molar-refractivity contribution in [2.75, 3.05) is 26.3 Å². The molecule has 1 aliphatic rings. The van der Waals surface area contributed by atoms with E-state index in [0.717, 1.165) is 11.3 Å². The van der Waals surface area contributed by atoms with E-state index in [-0.39, 0.29) is 0 Å². The Morgan fingerprint density at radius 2 is 2.18 bits per heavy atom. The smallest absolute Gasteiger partial charge is 0.325 e. The summed E-state index contributed by atoms with van der Waals surface area (Å²) in [4.78, 5) is 17.4. The van der Waals surface area contributed by atoms with Gasteiger partial charge in [-0.25, -0.2) is 0 Å². The molecule has 1 aliphatic heterocycles. The summed E-state index contributed by atoms with van der Waals surface area (Å²) in [6.45, 7) is 4.34. The summed E-state index contributed by atoms with van der Waals surface area (Å²) in [5, 5.41) is 9.34. The number of pyridine rings is 1. The van der Waals surface area contributed by atoms with Gasteiger partial charge < -0.3 is 9.84 Å². The van der Waals surface area contributed by atoms with Crippen LogP contribution < -0.4 is 0 Å². The molecule has 92 valence electrons. The van der Waals surface area contributed by atoms with E-state index in [0.29, 0.717) is 26.3 Å². The molecule has 1 aromatic rings. The minimum Gasteiger partial charge on any atom is -0.480 e. The minimum atomic E-state index is -0.836. The third kappa shape index (κ3) is 2.81. The molecular weight excluding hydrogens is 220 g/mol. The monoisotopic (exact) mass is 236 g/mol. The normalized spacial score (nSPS) is 18.9. The SMILES string of the molecule is Cc1ccc(C(C(=O)O)N2CCOCC2)cn1. The van der Waals surface area contributed by atoms with Crippen LogP contribution in [0.25, 0.3) is 0 Å². The first-order valence-corrected chi connectivity index (χ1v) is 5.65. The Morgan fingerprint density at radius 3 is 2.71 bits per heavy atom. The van der Waals surface area contributed by atoms with E-state index in [2.05, 4.69) is 4.98 Å². The van der Waals surface area contributed by atoms with Gasteiger partial charge in [-0.05, 0) is 18.6 Å². The van der Waals surface area contributed by atoms with Crippen LogP contribution in [-0.2, 0) is 9.53 Å². The maximum atomic E-state index is 11.4. The number of ether oxygens (including phenoxy) is 1. The highest BCUT2D eigenvalue weighted by Gasteiger charge is 2.28. The van der Waals surface area contributed by atoms with E-state index < -0.39 is 12.0 Å². The summed E-state index contributed by atoms with van der Waals surface area (Å²) in [7, 11) is 0. The van der Waals surface area contributed by atoms with Crippen molar-refractivity contribution in [3.63, 3.8) is 0 Å². The van der Waals surface area contributed by atoms with Gasteiger partial charge >= 0.3 is 5.97 Å². The molecule has 2 heterocycles. The zero-order valence-corrected chi connectivity index (χ0v) is 9.80. The van der Waals surface area contributed by atoms with E-state index in [1.54, 1.807) is 6.20 Å². The lowest BCUT2D eigenvalue weighted by molar-refractivity contribution is -0.145. The maximum absolute atomic E-state index is 11.4. The lowest BCUT2D eigenvalue weighted by atomic mass is 10.1. The van der Waals surface area contributed by atoms with Crippen LogP contribution in [0.1, 0.15) is 17.3 Å². The van der Waals surface area contributed by atoms with E-state index in [9.17, 15) is 9.90 Å². The number of carbonyl (C=O) groups is 1. The van der Waals surface area contributed by atoms with Crippen LogP contribution >= 0.6 is 0 Å². The van der Waals surface area contributed by atoms with E-state index in [1.165, 1.54) is 0 Å². The summed E-state index contributed by atoms with van der Waals surface area (Å²) in [6, 6.07) is 3.05. The lowest BCUT2D eigenvalue weighted by Crippen LogP contribution is -2.42. The molecule has 1 saturated heterocycles. The fourth-order valence-corrected chi connectivity index (χ4v) is 1.99. The van der Waals surface area contributed by atoms with E-state index in [4.69, 9.17) is 4.74 Å². The van der Waals surface area contributed by atoms with E-state index in [1.807, 2.05) is 24.0 Å². The highest BCUT2D eigenvalue weighted by Crippen LogP contribution is 2.21. The van der Waals surface area contributed by atoms with Crippen molar-refractivity contribution in [2.24, 2.45) is 0 Å². The largest absolute Gasteiger partial charge is 0.480 e. The average molecular weight is 236 g/mol. The van der Waals surface area contributed by atoms with Gasteiger partial charge in [-0.15, -0.1) is 0 Å². The number of aryl methyl sites for hydroxylation is 1. The van der Waals surface area contributed by atoms with Gasteiger partial charge in [-0.2, -0.15) is 0 Å². The molecule has 5 heteroatoms. The van der Waals surface area contributed by atoms with Crippen LogP contribution in [0.3, 0.4) is 0 Å². The number of carboxylic acid groups (broad SMARTS) is 1. The standard InChI is InChI=1S/C12H16N2O3/c1-9-2-3-10(8-13-9)11(12(15)16)14-4-6-17-7-5-14/h2-3,8,11H,4-7H2,1H3,(H,15,16). The lowest BCUT2D eigenvalue weighted by Gasteiger charge is -2.31. The number of rotatable bonds is 3. The average Bonchev–Trinajstić information content (AvgIpc) is 2.33. The Balaban J connectivity index is 2.21. The fraction of sp³-hybridized carbons (Fsp3) is 0.500. The van der Waals surface area contributed by atoms with Crippen LogP contribution in [0.2, 0.25) is 0 Å². The van der Waals surface area contributed by atoms with Gasteiger partial charge in [0.25, 0.3) is 0 Å². The summed E-state index contributed by atoms with van der Waals surface area (Å²) in [5.74, 6) is -0.836. The molecule has 0 radical (unpaired) electrons. The molecule has 0 aliphatic carbocycles. The molecule has 0 aromatic carbocycles. The Hall–Kier alpha value is -1.46. The van der Waals surface area contributed by atoms with Gasteiger partial charge in [0, 0.05) is 25.0 Å². The van der Waals surface area contributed by atoms with Crippen LogP contribution in [-0.4, -0.2) is 47.3 Å². The Kier molecular flexibility index (Phi) is 3.71. The van der Waals surface area contributed by atoms with Crippen molar-refractivity contribution < 1.29 is 14.6 Å². The van der Waals surface area contributed by atoms with Gasteiger partial charge in [0.05, 0.1) is 13.2 Å². The number of aliphatic carboxylic acids is 1. The summed E-state index contributed by atoms with van der Waals surface area (Å²) >= 11 is 0. The Labute approximate surface area is 100 Å². The zero-order chi connectivity index (χ0) is 12.3. The molecule has 1 unspecified atom stereocenters. The Bertz CT molecular complexity index is 385. The van der Waals surface area contributed by atoms with Gasteiger partial charge in [0.1, 0.15) is 6.04 Å². The number of aromatic nitrogens is 1. The first-order chi connectivity index (χ1) is 8.18. The molecule has 17 heavy (non-hydrogen) atoms. The minimum absolute atomic E-state index is 0.586. The molecule has 0 amide bonds. The highest BCUT2D eigenvalue weighted by atomic mass is 16.5. The molecule has 1 fully saturated rings. The molecule has 1 atom stereocenters. The maximum Gasteiger partial charge on any atom is 0.325 e. The zero-order valence-electron chi connectivity index (χ0n) is 9.80. The van der Waals surface area contributed by atoms with Crippen molar-refractivity contribution in [3.05, 3.63) is 29.6 Å². The van der Waals surface area contributed by atoms with Crippen LogP contribution in [0, 0.1) is 6.92 Å². The molecule has 1 N–H and O–H groups in total. The van der Waals surface area contributed by atoms with Crippen LogP contribution in [0.5, 0.6) is 0 Å². The first-order valence-electron chi connectivity index (χ1n) is 5.65. The van der Waals surface area contributed by atoms with Crippen molar-refractivity contribution in [2.45, 2.75) is 13.0 Å². The van der Waals surface area contributed by atoms with E-state index >= 15 is 0 Å². The van der Waals surface area contributed by atoms with Gasteiger partial charge in [-0.3, -0.25) is 14.7 Å². The third-order valence-electron chi connectivity index (χ3n) is 2.89. The molecule has 1 aromatic heterocycles. The second-order valence-electron chi connectivity index (χ2n) is 4.12. The molecule has 2 rings (SSSR count). The summed E-state index contributed by atoms with van der Waals surface area (Å²) in [6.07, 6.45) is 1.64. The van der Waals surface area contributed by atoms with Crippen molar-refractivity contribution in [1.82, 2.24) is 9.88 Å². The van der Waals surface area contributed by atoms with Crippen molar-refractivity contribution in [1.29, 1.82) is 0 Å². The predicted octanol–water partition coefficient (Wildman–Crippen LogP) is 0.848. The number of carboxylic acids is 1. The van der Waals surface area contributed by atoms with Gasteiger partial charge in [-0.1, -0.05) is 6.07 Å². The van der Waals surface area contributed by atoms with Crippen LogP contribution in [0.15, 0.2) is 18.3 Å². The van der Waals surface area contributed by atoms with Gasteiger partial charge in [0.15, 0.2) is 0 Å². The second-order valence-corrected chi connectivity index (χ2v) is 4.12. The van der Waals surface area contributed by atoms with Crippen molar-refractivity contribution >= 4 is 5.97 Å². The van der Waals surface area contributed by atoms with Gasteiger partial charge in [0.2, 0.25) is 0 Å².